The predicted molar refractivity (Wildman–Crippen MR) is 95.0 cm³/mol. The normalized spacial score (nSPS) is 23.4. The third kappa shape index (κ3) is 2.71. The molecule has 1 spiro atoms. The average molecular weight is 388 g/mol. The molecule has 2 aromatic rings. The summed E-state index contributed by atoms with van der Waals surface area (Å²) in [4.78, 5) is 26.7. The zero-order valence-corrected chi connectivity index (χ0v) is 15.3. The van der Waals surface area contributed by atoms with Crippen LogP contribution in [0.3, 0.4) is 0 Å². The number of imide groups is 1. The molecule has 0 radical (unpaired) electrons. The van der Waals surface area contributed by atoms with E-state index in [-0.39, 0.29) is 29.2 Å². The van der Waals surface area contributed by atoms with Crippen LogP contribution in [0.2, 0.25) is 0 Å². The smallest absolute Gasteiger partial charge is 0.319 e. The summed E-state index contributed by atoms with van der Waals surface area (Å²) in [5, 5.41) is 2.63. The van der Waals surface area contributed by atoms with Gasteiger partial charge in [-0.2, -0.15) is 0 Å². The van der Waals surface area contributed by atoms with Crippen LogP contribution in [0.4, 0.5) is 9.18 Å². The van der Waals surface area contributed by atoms with Gasteiger partial charge in [0, 0.05) is 5.56 Å². The molecule has 1 N–H and O–H groups in total. The number of urea groups is 1. The van der Waals surface area contributed by atoms with E-state index < -0.39 is 33.1 Å². The summed E-state index contributed by atoms with van der Waals surface area (Å²) in [5.41, 5.74) is 0.214. The number of aryl methyl sites for hydroxylation is 1. The highest BCUT2D eigenvalue weighted by atomic mass is 32.2. The summed E-state index contributed by atoms with van der Waals surface area (Å²) in [6.45, 7) is 1.97. The quantitative estimate of drug-likeness (QED) is 0.632. The van der Waals surface area contributed by atoms with E-state index in [2.05, 4.69) is 5.32 Å². The van der Waals surface area contributed by atoms with Crippen molar-refractivity contribution in [3.63, 3.8) is 0 Å². The Morgan fingerprint density at radius 3 is 2.70 bits per heavy atom. The summed E-state index contributed by atoms with van der Waals surface area (Å²) in [6.07, 6.45) is -0.124. The molecule has 0 aromatic heterocycles. The molecular formula is C19H17FN2O4S. The number of hydrogen-bond donors (Lipinski definition) is 1. The summed E-state index contributed by atoms with van der Waals surface area (Å²) in [5.74, 6) is -1.52. The van der Waals surface area contributed by atoms with Crippen molar-refractivity contribution < 1.29 is 22.4 Å². The summed E-state index contributed by atoms with van der Waals surface area (Å²) >= 11 is 0. The van der Waals surface area contributed by atoms with Gasteiger partial charge in [-0.25, -0.2) is 17.6 Å². The predicted octanol–water partition coefficient (Wildman–Crippen LogP) is 2.26. The second-order valence-electron chi connectivity index (χ2n) is 6.93. The van der Waals surface area contributed by atoms with Crippen LogP contribution in [0.5, 0.6) is 0 Å². The lowest BCUT2D eigenvalue weighted by Gasteiger charge is -2.33. The van der Waals surface area contributed by atoms with E-state index in [9.17, 15) is 22.4 Å². The number of amides is 3. The number of nitrogens with one attached hydrogen (secondary N) is 1. The monoisotopic (exact) mass is 388 g/mol. The number of fused-ring (bicyclic) bond motifs is 2. The minimum atomic E-state index is -3.63. The van der Waals surface area contributed by atoms with Gasteiger partial charge in [-0.15, -0.1) is 0 Å². The number of carbonyl (C=O) groups excluding carboxylic acids is 2. The Hall–Kier alpha value is -2.74. The number of carbonyl (C=O) groups is 2. The molecule has 2 heterocycles. The Morgan fingerprint density at radius 1 is 1.19 bits per heavy atom. The van der Waals surface area contributed by atoms with Gasteiger partial charge in [-0.3, -0.25) is 9.69 Å². The maximum Gasteiger partial charge on any atom is 0.325 e. The topological polar surface area (TPSA) is 83.6 Å². The molecular weight excluding hydrogens is 371 g/mol. The van der Waals surface area contributed by atoms with Crippen LogP contribution in [0.1, 0.15) is 23.1 Å². The Bertz CT molecular complexity index is 1080. The number of benzene rings is 2. The molecule has 6 nitrogen and oxygen atoms in total. The first-order valence-corrected chi connectivity index (χ1v) is 10.1. The van der Waals surface area contributed by atoms with Crippen molar-refractivity contribution in [3.05, 3.63) is 65.0 Å². The molecule has 2 aromatic carbocycles. The van der Waals surface area contributed by atoms with E-state index in [0.717, 1.165) is 34.2 Å². The number of rotatable bonds is 2. The van der Waals surface area contributed by atoms with Crippen LogP contribution in [-0.4, -0.2) is 31.0 Å². The molecule has 4 rings (SSSR count). The van der Waals surface area contributed by atoms with Crippen LogP contribution in [-0.2, 0) is 26.7 Å². The van der Waals surface area contributed by atoms with Gasteiger partial charge in [-0.1, -0.05) is 29.8 Å². The summed E-state index contributed by atoms with van der Waals surface area (Å²) < 4.78 is 38.6. The van der Waals surface area contributed by atoms with E-state index in [1.165, 1.54) is 0 Å². The highest BCUT2D eigenvalue weighted by Gasteiger charge is 2.56. The molecule has 27 heavy (non-hydrogen) atoms. The van der Waals surface area contributed by atoms with Crippen LogP contribution in [0.25, 0.3) is 0 Å². The molecule has 8 heteroatoms. The Kier molecular flexibility index (Phi) is 3.85. The number of hydrogen-bond acceptors (Lipinski definition) is 4. The first-order valence-electron chi connectivity index (χ1n) is 8.45. The lowest BCUT2D eigenvalue weighted by atomic mass is 9.86. The van der Waals surface area contributed by atoms with Crippen LogP contribution in [0.15, 0.2) is 47.4 Å². The van der Waals surface area contributed by atoms with Crippen molar-refractivity contribution >= 4 is 21.8 Å². The third-order valence-corrected chi connectivity index (χ3v) is 6.85. The highest BCUT2D eigenvalue weighted by molar-refractivity contribution is 7.91. The zero-order valence-electron chi connectivity index (χ0n) is 14.5. The molecule has 140 valence electrons. The second-order valence-corrected chi connectivity index (χ2v) is 9.00. The number of nitrogens with zero attached hydrogens (tertiary/aromatic N) is 1. The van der Waals surface area contributed by atoms with E-state index >= 15 is 0 Å². The fraction of sp³-hybridized carbons (Fsp3) is 0.263. The van der Waals surface area contributed by atoms with Crippen LogP contribution < -0.4 is 5.32 Å². The van der Waals surface area contributed by atoms with Crippen molar-refractivity contribution in [1.82, 2.24) is 10.2 Å². The lowest BCUT2D eigenvalue weighted by molar-refractivity contribution is -0.132. The summed E-state index contributed by atoms with van der Waals surface area (Å²) in [7, 11) is -3.63. The molecule has 2 aliphatic rings. The SMILES string of the molecule is Cc1cccc(CN2C(=O)NC3(CCS(=O)(=O)c4ccc(F)cc43)C2=O)c1. The van der Waals surface area contributed by atoms with Gasteiger partial charge in [-0.05, 0) is 37.1 Å². The molecule has 1 fully saturated rings. The standard InChI is InChI=1S/C19H17FN2O4S/c1-12-3-2-4-13(9-12)11-22-17(23)19(21-18(22)24)7-8-27(25,26)16-6-5-14(20)10-15(16)19/h2-6,9-10H,7-8,11H2,1H3,(H,21,24). The molecule has 1 saturated heterocycles. The van der Waals surface area contributed by atoms with Crippen molar-refractivity contribution in [2.45, 2.75) is 30.3 Å². The van der Waals surface area contributed by atoms with Gasteiger partial charge < -0.3 is 5.32 Å². The molecule has 1 unspecified atom stereocenters. The van der Waals surface area contributed by atoms with Gasteiger partial charge >= 0.3 is 6.03 Å². The Labute approximate surface area is 155 Å². The van der Waals surface area contributed by atoms with Crippen LogP contribution >= 0.6 is 0 Å². The maximum atomic E-state index is 13.9. The molecule has 0 aliphatic carbocycles. The van der Waals surface area contributed by atoms with Gasteiger partial charge in [0.05, 0.1) is 17.2 Å². The van der Waals surface area contributed by atoms with E-state index in [4.69, 9.17) is 0 Å². The molecule has 2 aliphatic heterocycles. The first kappa shape index (κ1) is 17.7. The van der Waals surface area contributed by atoms with Gasteiger partial charge in [0.2, 0.25) is 0 Å². The van der Waals surface area contributed by atoms with E-state index in [0.29, 0.717) is 0 Å². The van der Waals surface area contributed by atoms with Crippen molar-refractivity contribution in [2.24, 2.45) is 0 Å². The van der Waals surface area contributed by atoms with Gasteiger partial charge in [0.15, 0.2) is 9.84 Å². The molecule has 1 atom stereocenters. The van der Waals surface area contributed by atoms with Crippen molar-refractivity contribution in [3.8, 4) is 0 Å². The average Bonchev–Trinajstić information content (AvgIpc) is 2.84. The third-order valence-electron chi connectivity index (χ3n) is 5.08. The maximum absolute atomic E-state index is 13.9. The highest BCUT2D eigenvalue weighted by Crippen LogP contribution is 2.41. The fourth-order valence-electron chi connectivity index (χ4n) is 3.75. The minimum Gasteiger partial charge on any atom is -0.319 e. The summed E-state index contributed by atoms with van der Waals surface area (Å²) in [6, 6.07) is 10.0. The first-order chi connectivity index (χ1) is 12.7. The van der Waals surface area contributed by atoms with Crippen LogP contribution in [0, 0.1) is 12.7 Å². The number of sulfone groups is 1. The zero-order chi connectivity index (χ0) is 19.4. The van der Waals surface area contributed by atoms with Crippen molar-refractivity contribution in [2.75, 3.05) is 5.75 Å². The lowest BCUT2D eigenvalue weighted by Crippen LogP contribution is -2.48. The van der Waals surface area contributed by atoms with Gasteiger partial charge in [0.25, 0.3) is 5.91 Å². The van der Waals surface area contributed by atoms with E-state index in [1.807, 2.05) is 25.1 Å². The molecule has 0 saturated carbocycles. The molecule has 3 amide bonds. The van der Waals surface area contributed by atoms with Gasteiger partial charge in [0.1, 0.15) is 11.4 Å². The Balaban J connectivity index is 1.78. The number of halogens is 1. The Morgan fingerprint density at radius 2 is 1.96 bits per heavy atom. The van der Waals surface area contributed by atoms with Crippen molar-refractivity contribution in [1.29, 1.82) is 0 Å². The minimum absolute atomic E-state index is 0.00107. The second kappa shape index (κ2) is 5.88. The fourth-order valence-corrected chi connectivity index (χ4v) is 5.39. The largest absolute Gasteiger partial charge is 0.325 e. The van der Waals surface area contributed by atoms with E-state index in [1.54, 1.807) is 6.07 Å². The molecule has 0 bridgehead atoms.